The molecule has 1 amide bonds. The lowest BCUT2D eigenvalue weighted by molar-refractivity contribution is -0.137. The van der Waals surface area contributed by atoms with Gasteiger partial charge in [0.15, 0.2) is 5.65 Å². The molecule has 2 N–H and O–H groups in total. The van der Waals surface area contributed by atoms with Crippen molar-refractivity contribution in [1.29, 1.82) is 0 Å². The van der Waals surface area contributed by atoms with E-state index >= 15 is 0 Å². The van der Waals surface area contributed by atoms with Crippen LogP contribution in [0.5, 0.6) is 0 Å². The van der Waals surface area contributed by atoms with Crippen LogP contribution in [-0.4, -0.2) is 68.9 Å². The molecule has 0 atom stereocenters. The molecule has 0 aliphatic carbocycles. The van der Waals surface area contributed by atoms with E-state index in [0.29, 0.717) is 17.8 Å². The molecule has 0 radical (unpaired) electrons. The molecule has 0 spiro atoms. The van der Waals surface area contributed by atoms with Gasteiger partial charge in [-0.25, -0.2) is 9.97 Å². The molecular formula is C29H32ClN5O3. The molecule has 38 heavy (non-hydrogen) atoms. The number of aromatic amines is 1. The lowest BCUT2D eigenvalue weighted by Crippen LogP contribution is -2.32. The number of aromatic nitrogens is 3. The Kier molecular flexibility index (Phi) is 7.85. The molecule has 5 rings (SSSR count). The van der Waals surface area contributed by atoms with Crippen LogP contribution in [0.3, 0.4) is 0 Å². The highest BCUT2D eigenvalue weighted by atomic mass is 35.5. The summed E-state index contributed by atoms with van der Waals surface area (Å²) in [4.78, 5) is 40.1. The average Bonchev–Trinajstić information content (AvgIpc) is 3.30. The van der Waals surface area contributed by atoms with Gasteiger partial charge in [-0.2, -0.15) is 0 Å². The first-order chi connectivity index (χ1) is 17.7. The smallest absolute Gasteiger partial charge is 0.304 e. The highest BCUT2D eigenvalue weighted by Crippen LogP contribution is 2.32. The number of fused-ring (bicyclic) bond motifs is 2. The first kappa shape index (κ1) is 27.3. The third kappa shape index (κ3) is 5.28. The summed E-state index contributed by atoms with van der Waals surface area (Å²) < 4.78 is 0. The van der Waals surface area contributed by atoms with Crippen LogP contribution in [0.15, 0.2) is 42.7 Å². The number of carboxylic acid groups (broad SMARTS) is 1. The zero-order valence-corrected chi connectivity index (χ0v) is 22.9. The topological polar surface area (TPSA) is 102 Å². The second-order valence-corrected chi connectivity index (χ2v) is 9.98. The monoisotopic (exact) mass is 533 g/mol. The predicted octanol–water partition coefficient (Wildman–Crippen LogP) is 4.87. The van der Waals surface area contributed by atoms with Gasteiger partial charge >= 0.3 is 5.97 Å². The van der Waals surface area contributed by atoms with E-state index in [1.54, 1.807) is 25.2 Å². The third-order valence-electron chi connectivity index (χ3n) is 7.14. The number of hydrogen-bond donors (Lipinski definition) is 2. The molecule has 9 heteroatoms. The fourth-order valence-electron chi connectivity index (χ4n) is 5.08. The number of nitrogens with one attached hydrogen (secondary N) is 1. The third-order valence-corrected chi connectivity index (χ3v) is 7.14. The van der Waals surface area contributed by atoms with Gasteiger partial charge in [-0.05, 0) is 66.3 Å². The number of amides is 1. The van der Waals surface area contributed by atoms with Gasteiger partial charge in [0.2, 0.25) is 0 Å². The largest absolute Gasteiger partial charge is 0.481 e. The fourth-order valence-corrected chi connectivity index (χ4v) is 5.08. The minimum absolute atomic E-state index is 0. The van der Waals surface area contributed by atoms with Crippen LogP contribution in [0.1, 0.15) is 39.0 Å². The van der Waals surface area contributed by atoms with Crippen molar-refractivity contribution in [2.24, 2.45) is 0 Å². The Bertz CT molecular complexity index is 1530. The molecular weight excluding hydrogens is 502 g/mol. The first-order valence-corrected chi connectivity index (χ1v) is 12.4. The van der Waals surface area contributed by atoms with Crippen molar-refractivity contribution < 1.29 is 14.7 Å². The Hall–Kier alpha value is -3.75. The van der Waals surface area contributed by atoms with Gasteiger partial charge in [0.25, 0.3) is 5.91 Å². The molecule has 8 nitrogen and oxygen atoms in total. The molecule has 0 fully saturated rings. The minimum Gasteiger partial charge on any atom is -0.481 e. The Morgan fingerprint density at radius 1 is 1.11 bits per heavy atom. The maximum absolute atomic E-state index is 12.5. The molecule has 0 saturated carbocycles. The van der Waals surface area contributed by atoms with Crippen LogP contribution < -0.4 is 0 Å². The van der Waals surface area contributed by atoms with Crippen molar-refractivity contribution in [2.45, 2.75) is 33.2 Å². The summed E-state index contributed by atoms with van der Waals surface area (Å²) in [5.74, 6) is -0.776. The molecule has 1 aliphatic heterocycles. The Morgan fingerprint density at radius 3 is 2.58 bits per heavy atom. The summed E-state index contributed by atoms with van der Waals surface area (Å²) in [6, 6.07) is 10.2. The van der Waals surface area contributed by atoms with Gasteiger partial charge in [0, 0.05) is 56.6 Å². The molecule has 3 heterocycles. The Morgan fingerprint density at radius 2 is 1.87 bits per heavy atom. The highest BCUT2D eigenvalue weighted by Gasteiger charge is 2.21. The van der Waals surface area contributed by atoms with Gasteiger partial charge in [-0.1, -0.05) is 12.1 Å². The Labute approximate surface area is 228 Å². The zero-order valence-electron chi connectivity index (χ0n) is 22.0. The van der Waals surface area contributed by atoms with Gasteiger partial charge in [0.1, 0.15) is 5.52 Å². The van der Waals surface area contributed by atoms with Crippen molar-refractivity contribution in [3.8, 4) is 22.4 Å². The van der Waals surface area contributed by atoms with E-state index in [1.807, 2.05) is 31.3 Å². The Balaban J connectivity index is 0.00000336. The lowest BCUT2D eigenvalue weighted by atomic mass is 9.92. The van der Waals surface area contributed by atoms with Gasteiger partial charge in [-0.3, -0.25) is 14.5 Å². The number of halogens is 1. The average molecular weight is 534 g/mol. The summed E-state index contributed by atoms with van der Waals surface area (Å²) in [5.41, 5.74) is 10.6. The number of aliphatic carboxylic acids is 1. The number of H-pyrrole nitrogens is 1. The predicted molar refractivity (Wildman–Crippen MR) is 151 cm³/mol. The van der Waals surface area contributed by atoms with Crippen molar-refractivity contribution in [2.75, 3.05) is 27.2 Å². The highest BCUT2D eigenvalue weighted by molar-refractivity contribution is 5.97. The summed E-state index contributed by atoms with van der Waals surface area (Å²) in [6.07, 6.45) is 4.76. The van der Waals surface area contributed by atoms with Crippen molar-refractivity contribution in [3.63, 3.8) is 0 Å². The van der Waals surface area contributed by atoms with E-state index in [2.05, 4.69) is 33.9 Å². The molecule has 0 bridgehead atoms. The van der Waals surface area contributed by atoms with Crippen molar-refractivity contribution in [3.05, 3.63) is 70.5 Å². The number of benzene rings is 2. The number of hydrogen-bond acceptors (Lipinski definition) is 5. The lowest BCUT2D eigenvalue weighted by Gasteiger charge is -2.30. The van der Waals surface area contributed by atoms with E-state index < -0.39 is 5.97 Å². The van der Waals surface area contributed by atoms with Crippen molar-refractivity contribution >= 4 is 35.4 Å². The molecule has 4 aromatic rings. The van der Waals surface area contributed by atoms with E-state index in [1.165, 1.54) is 16.7 Å². The number of carboxylic acids is 1. The number of carbonyl (C=O) groups excluding carboxylic acids is 1. The van der Waals surface area contributed by atoms with Crippen LogP contribution in [0.2, 0.25) is 0 Å². The molecule has 2 aromatic heterocycles. The standard InChI is InChI=1S/C29H31N5O3.ClH/c1-17-11-19(5-6-22(17)29(37)33(3)4)23-14-30-28-27(23)32-25(15-31-28)21-12-18(2)24-16-34(10-8-26(35)36)9-7-20(24)13-21;/h5-6,11-15H,7-10,16H2,1-4H3,(H,30,31)(H,35,36);1H. The number of nitrogens with zero attached hydrogens (tertiary/aromatic N) is 4. The van der Waals surface area contributed by atoms with Gasteiger partial charge in [0.05, 0.1) is 18.3 Å². The quantitative estimate of drug-likeness (QED) is 0.367. The molecule has 198 valence electrons. The zero-order chi connectivity index (χ0) is 26.3. The van der Waals surface area contributed by atoms with Crippen LogP contribution in [0, 0.1) is 13.8 Å². The molecule has 2 aromatic carbocycles. The van der Waals surface area contributed by atoms with E-state index in [4.69, 9.17) is 10.1 Å². The first-order valence-electron chi connectivity index (χ1n) is 12.4. The molecule has 0 unspecified atom stereocenters. The molecule has 0 saturated heterocycles. The minimum atomic E-state index is -0.760. The fraction of sp³-hybridized carbons (Fsp3) is 0.310. The van der Waals surface area contributed by atoms with Gasteiger partial charge in [-0.15, -0.1) is 12.4 Å². The second kappa shape index (κ2) is 10.9. The second-order valence-electron chi connectivity index (χ2n) is 9.98. The number of aryl methyl sites for hydroxylation is 2. The molecule has 1 aliphatic rings. The van der Waals surface area contributed by atoms with E-state index in [0.717, 1.165) is 53.0 Å². The van der Waals surface area contributed by atoms with Crippen molar-refractivity contribution in [1.82, 2.24) is 24.8 Å². The van der Waals surface area contributed by atoms with Crippen LogP contribution in [-0.2, 0) is 17.8 Å². The SMILES string of the molecule is Cc1cc(-c2c[nH]c3ncc(-c4cc(C)c5c(c4)CCN(CCC(=O)O)C5)nc23)ccc1C(=O)N(C)C.Cl. The normalized spacial score (nSPS) is 13.2. The summed E-state index contributed by atoms with van der Waals surface area (Å²) in [6.45, 7) is 6.24. The van der Waals surface area contributed by atoms with E-state index in [9.17, 15) is 9.59 Å². The maximum atomic E-state index is 12.5. The van der Waals surface area contributed by atoms with Gasteiger partial charge < -0.3 is 15.0 Å². The van der Waals surface area contributed by atoms with Crippen LogP contribution in [0.25, 0.3) is 33.5 Å². The number of carbonyl (C=O) groups is 2. The summed E-state index contributed by atoms with van der Waals surface area (Å²) >= 11 is 0. The summed E-state index contributed by atoms with van der Waals surface area (Å²) in [5, 5.41) is 9.02. The maximum Gasteiger partial charge on any atom is 0.304 e. The van der Waals surface area contributed by atoms with Crippen LogP contribution >= 0.6 is 12.4 Å². The van der Waals surface area contributed by atoms with E-state index in [-0.39, 0.29) is 24.7 Å². The number of rotatable bonds is 6. The van der Waals surface area contributed by atoms with Crippen LogP contribution in [0.4, 0.5) is 0 Å². The summed E-state index contributed by atoms with van der Waals surface area (Å²) in [7, 11) is 3.51.